The van der Waals surface area contributed by atoms with E-state index in [4.69, 9.17) is 0 Å². The van der Waals surface area contributed by atoms with Gasteiger partial charge in [-0.25, -0.2) is 13.1 Å². The number of sulfonamides is 1. The molecule has 0 spiro atoms. The van der Waals surface area contributed by atoms with Gasteiger partial charge in [0.05, 0.1) is 4.91 Å². The van der Waals surface area contributed by atoms with Crippen molar-refractivity contribution in [2.45, 2.75) is 39.7 Å². The maximum Gasteiger partial charge on any atom is 0.242 e. The number of rotatable bonds is 4. The number of nitrogens with one attached hydrogen (secondary N) is 1. The van der Waals surface area contributed by atoms with Crippen molar-refractivity contribution in [3.63, 3.8) is 0 Å². The van der Waals surface area contributed by atoms with Gasteiger partial charge in [-0.1, -0.05) is 26.8 Å². The van der Waals surface area contributed by atoms with E-state index >= 15 is 0 Å². The van der Waals surface area contributed by atoms with Crippen molar-refractivity contribution in [2.24, 2.45) is 10.4 Å². The molecule has 21 heavy (non-hydrogen) atoms. The average Bonchev–Trinajstić information content (AvgIpc) is 2.60. The molecule has 0 aromatic carbocycles. The van der Waals surface area contributed by atoms with Crippen molar-refractivity contribution in [3.8, 4) is 0 Å². The van der Waals surface area contributed by atoms with Gasteiger partial charge in [-0.2, -0.15) is 0 Å². The van der Waals surface area contributed by atoms with Crippen LogP contribution in [0.3, 0.4) is 0 Å². The summed E-state index contributed by atoms with van der Waals surface area (Å²) in [6, 6.07) is -0.0155. The van der Waals surface area contributed by atoms with E-state index in [9.17, 15) is 8.42 Å². The lowest BCUT2D eigenvalue weighted by Gasteiger charge is -2.32. The van der Waals surface area contributed by atoms with Gasteiger partial charge in [0.15, 0.2) is 0 Å². The number of aliphatic imine (C=N–C) groups is 1. The molecule has 2 heterocycles. The Morgan fingerprint density at radius 1 is 1.48 bits per heavy atom. The Morgan fingerprint density at radius 2 is 2.24 bits per heavy atom. The summed E-state index contributed by atoms with van der Waals surface area (Å²) in [5.74, 6) is 0. The van der Waals surface area contributed by atoms with Gasteiger partial charge in [0.25, 0.3) is 0 Å². The highest BCUT2D eigenvalue weighted by Gasteiger charge is 2.26. The van der Waals surface area contributed by atoms with Crippen molar-refractivity contribution in [1.29, 1.82) is 0 Å². The summed E-state index contributed by atoms with van der Waals surface area (Å²) >= 11 is 0. The molecule has 0 saturated carbocycles. The quantitative estimate of drug-likeness (QED) is 0.862. The van der Waals surface area contributed by atoms with Crippen molar-refractivity contribution in [3.05, 3.63) is 23.3 Å². The lowest BCUT2D eigenvalue weighted by atomic mass is 9.95. The molecule has 0 amide bonds. The normalized spacial score (nSPS) is 26.4. The Kier molecular flexibility index (Phi) is 5.01. The molecule has 6 heteroatoms. The fourth-order valence-electron chi connectivity index (χ4n) is 2.57. The van der Waals surface area contributed by atoms with Crippen LogP contribution in [0.4, 0.5) is 0 Å². The summed E-state index contributed by atoms with van der Waals surface area (Å²) in [7, 11) is -3.50. The monoisotopic (exact) mass is 311 g/mol. The molecule has 0 aromatic heterocycles. The Bertz CT molecular complexity index is 561. The molecule has 0 aromatic rings. The molecule has 1 fully saturated rings. The maximum absolute atomic E-state index is 12.5. The van der Waals surface area contributed by atoms with Gasteiger partial charge in [-0.05, 0) is 32.0 Å². The van der Waals surface area contributed by atoms with Crippen LogP contribution >= 0.6 is 0 Å². The minimum absolute atomic E-state index is 0.0155. The molecule has 0 aliphatic carbocycles. The number of hydrogen-bond donors (Lipinski definition) is 1. The van der Waals surface area contributed by atoms with Gasteiger partial charge in [0.1, 0.15) is 0 Å². The topological polar surface area (TPSA) is 61.8 Å². The highest BCUT2D eigenvalue weighted by atomic mass is 32.2. The Balaban J connectivity index is 2.09. The fourth-order valence-corrected chi connectivity index (χ4v) is 3.79. The van der Waals surface area contributed by atoms with E-state index in [1.165, 1.54) is 6.20 Å². The van der Waals surface area contributed by atoms with E-state index < -0.39 is 10.0 Å². The van der Waals surface area contributed by atoms with Gasteiger partial charge in [-0.3, -0.25) is 4.99 Å². The van der Waals surface area contributed by atoms with Crippen LogP contribution < -0.4 is 4.72 Å². The minimum atomic E-state index is -3.50. The summed E-state index contributed by atoms with van der Waals surface area (Å²) in [6.07, 6.45) is 8.62. The van der Waals surface area contributed by atoms with Crippen molar-refractivity contribution in [1.82, 2.24) is 9.62 Å². The van der Waals surface area contributed by atoms with Gasteiger partial charge in [0.2, 0.25) is 10.0 Å². The van der Waals surface area contributed by atoms with E-state index in [1.807, 2.05) is 19.9 Å². The lowest BCUT2D eigenvalue weighted by Crippen LogP contribution is -2.47. The zero-order valence-electron chi connectivity index (χ0n) is 13.0. The van der Waals surface area contributed by atoms with Gasteiger partial charge < -0.3 is 4.90 Å². The number of hydrogen-bond acceptors (Lipinski definition) is 4. The molecule has 1 saturated heterocycles. The molecule has 0 bridgehead atoms. The summed E-state index contributed by atoms with van der Waals surface area (Å²) in [6.45, 7) is 8.87. The summed E-state index contributed by atoms with van der Waals surface area (Å²) < 4.78 is 27.8. The highest BCUT2D eigenvalue weighted by Crippen LogP contribution is 2.21. The SMILES string of the molecule is CCN1CCCC(NS(=O)(=O)C2=CN=CC(C)(C)C=C2)C1. The summed E-state index contributed by atoms with van der Waals surface area (Å²) in [4.78, 5) is 6.62. The number of nitrogens with zero attached hydrogens (tertiary/aromatic N) is 2. The third-order valence-corrected chi connectivity index (χ3v) is 5.38. The first kappa shape index (κ1) is 16.4. The van der Waals surface area contributed by atoms with Crippen molar-refractivity contribution in [2.75, 3.05) is 19.6 Å². The minimum Gasteiger partial charge on any atom is -0.302 e. The predicted octanol–water partition coefficient (Wildman–Crippen LogP) is 1.90. The average molecular weight is 311 g/mol. The van der Waals surface area contributed by atoms with E-state index in [0.717, 1.165) is 32.5 Å². The molecule has 1 atom stereocenters. The number of allylic oxidation sites excluding steroid dienone is 2. The van der Waals surface area contributed by atoms with Crippen LogP contribution in [0.15, 0.2) is 28.2 Å². The molecule has 0 radical (unpaired) electrons. The smallest absolute Gasteiger partial charge is 0.242 e. The molecule has 2 aliphatic heterocycles. The van der Waals surface area contributed by atoms with Crippen LogP contribution in [-0.4, -0.2) is 45.2 Å². The fraction of sp³-hybridized carbons (Fsp3) is 0.667. The first-order valence-electron chi connectivity index (χ1n) is 7.51. The molecule has 1 N–H and O–H groups in total. The van der Waals surface area contributed by atoms with Crippen molar-refractivity contribution < 1.29 is 8.42 Å². The van der Waals surface area contributed by atoms with E-state index in [1.54, 1.807) is 12.3 Å². The molecule has 5 nitrogen and oxygen atoms in total. The van der Waals surface area contributed by atoms with E-state index in [0.29, 0.717) is 0 Å². The largest absolute Gasteiger partial charge is 0.302 e. The van der Waals surface area contributed by atoms with E-state index in [2.05, 4.69) is 21.5 Å². The summed E-state index contributed by atoms with van der Waals surface area (Å²) in [5, 5.41) is 0. The van der Waals surface area contributed by atoms with Gasteiger partial charge in [-0.15, -0.1) is 0 Å². The molecule has 2 rings (SSSR count). The summed E-state index contributed by atoms with van der Waals surface area (Å²) in [5.41, 5.74) is -0.225. The zero-order valence-corrected chi connectivity index (χ0v) is 13.9. The Morgan fingerprint density at radius 3 is 2.95 bits per heavy atom. The predicted molar refractivity (Wildman–Crippen MR) is 86.7 cm³/mol. The number of likely N-dealkylation sites (N-methyl/N-ethyl adjacent to an activating group) is 1. The second-order valence-electron chi connectivity index (χ2n) is 6.32. The van der Waals surface area contributed by atoms with Crippen LogP contribution in [0.1, 0.15) is 33.6 Å². The molecule has 118 valence electrons. The van der Waals surface area contributed by atoms with Crippen LogP contribution in [-0.2, 0) is 10.0 Å². The van der Waals surface area contributed by atoms with Crippen LogP contribution in [0.5, 0.6) is 0 Å². The van der Waals surface area contributed by atoms with E-state index in [-0.39, 0.29) is 16.4 Å². The second kappa shape index (κ2) is 6.42. The van der Waals surface area contributed by atoms with Gasteiger partial charge in [0, 0.05) is 30.4 Å². The van der Waals surface area contributed by atoms with Crippen LogP contribution in [0, 0.1) is 5.41 Å². The lowest BCUT2D eigenvalue weighted by molar-refractivity contribution is 0.211. The first-order valence-corrected chi connectivity index (χ1v) is 8.99. The third kappa shape index (κ3) is 4.49. The zero-order chi connectivity index (χ0) is 15.5. The Labute approximate surface area is 127 Å². The maximum atomic E-state index is 12.5. The highest BCUT2D eigenvalue weighted by molar-refractivity contribution is 7.93. The number of piperidine rings is 1. The Hall–Kier alpha value is -0.980. The third-order valence-electron chi connectivity index (χ3n) is 3.87. The van der Waals surface area contributed by atoms with Crippen LogP contribution in [0.25, 0.3) is 0 Å². The van der Waals surface area contributed by atoms with Gasteiger partial charge >= 0.3 is 0 Å². The number of likely N-dealkylation sites (tertiary alicyclic amines) is 1. The molecule has 1 unspecified atom stereocenters. The van der Waals surface area contributed by atoms with Crippen LogP contribution in [0.2, 0.25) is 0 Å². The molecule has 2 aliphatic rings. The molecular weight excluding hydrogens is 286 g/mol. The second-order valence-corrected chi connectivity index (χ2v) is 8.03. The van der Waals surface area contributed by atoms with Crippen molar-refractivity contribution >= 4 is 16.2 Å². The first-order chi connectivity index (χ1) is 9.82. The molecular formula is C15H25N3O2S. The standard InChI is InChI=1S/C15H25N3O2S/c1-4-18-9-5-6-13(11-18)17-21(19,20)14-7-8-15(2,3)12-16-10-14/h7-8,10,12-13,17H,4-6,9,11H2,1-3H3.